The first-order valence-electron chi connectivity index (χ1n) is 5.52. The molecule has 0 atom stereocenters. The van der Waals surface area contributed by atoms with Crippen molar-refractivity contribution in [3.8, 4) is 5.75 Å². The summed E-state index contributed by atoms with van der Waals surface area (Å²) in [5, 5.41) is 3.97. The number of halogens is 2. The molecule has 0 spiro atoms. The number of nitrogens with one attached hydrogen (secondary N) is 1. The zero-order valence-electron chi connectivity index (χ0n) is 9.43. The van der Waals surface area contributed by atoms with Gasteiger partial charge in [-0.05, 0) is 44.1 Å². The maximum Gasteiger partial charge on any atom is 0.137 e. The molecular weight excluding hydrogens is 289 g/mol. The number of rotatable bonds is 7. The van der Waals surface area contributed by atoms with E-state index in [1.54, 1.807) is 0 Å². The molecule has 0 aliphatic rings. The Labute approximate surface area is 110 Å². The lowest BCUT2D eigenvalue weighted by molar-refractivity contribution is 0.308. The predicted molar refractivity (Wildman–Crippen MR) is 72.4 cm³/mol. The van der Waals surface area contributed by atoms with Crippen LogP contribution in [0.5, 0.6) is 5.75 Å². The van der Waals surface area contributed by atoms with Gasteiger partial charge < -0.3 is 10.1 Å². The fourth-order valence-electron chi connectivity index (χ4n) is 1.27. The minimum atomic E-state index is 0.649. The summed E-state index contributed by atoms with van der Waals surface area (Å²) < 4.78 is 6.55. The monoisotopic (exact) mass is 305 g/mol. The Balaban J connectivity index is 2.21. The smallest absolute Gasteiger partial charge is 0.137 e. The van der Waals surface area contributed by atoms with Crippen LogP contribution in [0.1, 0.15) is 19.8 Å². The van der Waals surface area contributed by atoms with Gasteiger partial charge in [0.15, 0.2) is 0 Å². The molecule has 1 aromatic carbocycles. The van der Waals surface area contributed by atoms with Crippen LogP contribution in [0.3, 0.4) is 0 Å². The molecule has 0 unspecified atom stereocenters. The van der Waals surface area contributed by atoms with Crippen molar-refractivity contribution < 1.29 is 4.74 Å². The van der Waals surface area contributed by atoms with E-state index in [2.05, 4.69) is 28.2 Å². The van der Waals surface area contributed by atoms with Gasteiger partial charge in [-0.1, -0.05) is 34.5 Å². The minimum absolute atomic E-state index is 0.649. The third-order valence-electron chi connectivity index (χ3n) is 2.08. The van der Waals surface area contributed by atoms with E-state index in [4.69, 9.17) is 16.3 Å². The molecule has 1 aromatic rings. The van der Waals surface area contributed by atoms with Crippen molar-refractivity contribution in [1.82, 2.24) is 5.32 Å². The van der Waals surface area contributed by atoms with Gasteiger partial charge in [0.2, 0.25) is 0 Å². The third-order valence-corrected chi connectivity index (χ3v) is 2.86. The Morgan fingerprint density at radius 3 is 2.88 bits per heavy atom. The molecule has 16 heavy (non-hydrogen) atoms. The molecule has 0 aromatic heterocycles. The van der Waals surface area contributed by atoms with Crippen molar-refractivity contribution in [3.05, 3.63) is 27.7 Å². The lowest BCUT2D eigenvalue weighted by atomic mass is 10.3. The van der Waals surface area contributed by atoms with E-state index >= 15 is 0 Å². The summed E-state index contributed by atoms with van der Waals surface area (Å²) in [5.41, 5.74) is 0. The van der Waals surface area contributed by atoms with E-state index in [9.17, 15) is 0 Å². The van der Waals surface area contributed by atoms with Crippen LogP contribution in [-0.4, -0.2) is 19.7 Å². The first-order valence-corrected chi connectivity index (χ1v) is 6.69. The fraction of sp³-hybridized carbons (Fsp3) is 0.500. The van der Waals surface area contributed by atoms with Gasteiger partial charge in [0.25, 0.3) is 0 Å². The molecule has 0 heterocycles. The first-order chi connectivity index (χ1) is 7.74. The van der Waals surface area contributed by atoms with Gasteiger partial charge in [-0.3, -0.25) is 0 Å². The average Bonchev–Trinajstić information content (AvgIpc) is 2.26. The van der Waals surface area contributed by atoms with Gasteiger partial charge in [0, 0.05) is 4.47 Å². The summed E-state index contributed by atoms with van der Waals surface area (Å²) in [6, 6.07) is 5.65. The Hall–Kier alpha value is -0.250. The number of ether oxygens (including phenoxy) is 1. The molecule has 0 aliphatic carbocycles. The van der Waals surface area contributed by atoms with Crippen LogP contribution in [0.4, 0.5) is 0 Å². The molecule has 0 amide bonds. The molecule has 0 bridgehead atoms. The molecule has 0 aliphatic heterocycles. The maximum atomic E-state index is 6.02. The first kappa shape index (κ1) is 13.8. The van der Waals surface area contributed by atoms with E-state index in [1.165, 1.54) is 6.42 Å². The zero-order chi connectivity index (χ0) is 11.8. The second-order valence-corrected chi connectivity index (χ2v) is 4.85. The molecule has 2 nitrogen and oxygen atoms in total. The highest BCUT2D eigenvalue weighted by Crippen LogP contribution is 2.27. The van der Waals surface area contributed by atoms with Gasteiger partial charge in [0.1, 0.15) is 5.75 Å². The Bertz CT molecular complexity index is 320. The second kappa shape index (κ2) is 7.93. The molecule has 0 saturated carbocycles. The van der Waals surface area contributed by atoms with Crippen LogP contribution in [0, 0.1) is 0 Å². The number of benzene rings is 1. The normalized spacial score (nSPS) is 10.4. The molecule has 1 N–H and O–H groups in total. The van der Waals surface area contributed by atoms with Gasteiger partial charge in [-0.15, -0.1) is 0 Å². The van der Waals surface area contributed by atoms with Crippen molar-refractivity contribution in [3.63, 3.8) is 0 Å². The van der Waals surface area contributed by atoms with Crippen LogP contribution >= 0.6 is 27.5 Å². The summed E-state index contributed by atoms with van der Waals surface area (Å²) in [4.78, 5) is 0. The molecule has 90 valence electrons. The standard InChI is InChI=1S/C12H17BrClNO/c1-2-6-15-7-3-8-16-12-5-4-10(13)9-11(12)14/h4-5,9,15H,2-3,6-8H2,1H3. The maximum absolute atomic E-state index is 6.02. The number of hydrogen-bond acceptors (Lipinski definition) is 2. The average molecular weight is 307 g/mol. The van der Waals surface area contributed by atoms with Crippen molar-refractivity contribution in [2.75, 3.05) is 19.7 Å². The van der Waals surface area contributed by atoms with E-state index in [0.29, 0.717) is 11.6 Å². The van der Waals surface area contributed by atoms with E-state index in [1.807, 2.05) is 18.2 Å². The zero-order valence-corrected chi connectivity index (χ0v) is 11.8. The van der Waals surface area contributed by atoms with Crippen LogP contribution < -0.4 is 10.1 Å². The van der Waals surface area contributed by atoms with E-state index in [-0.39, 0.29) is 0 Å². The van der Waals surface area contributed by atoms with Crippen LogP contribution in [0.2, 0.25) is 5.02 Å². The Morgan fingerprint density at radius 2 is 2.19 bits per heavy atom. The molecule has 0 radical (unpaired) electrons. The van der Waals surface area contributed by atoms with Crippen LogP contribution in [0.15, 0.2) is 22.7 Å². The fourth-order valence-corrected chi connectivity index (χ4v) is 2.00. The van der Waals surface area contributed by atoms with Gasteiger partial charge >= 0.3 is 0 Å². The summed E-state index contributed by atoms with van der Waals surface area (Å²) >= 11 is 9.38. The summed E-state index contributed by atoms with van der Waals surface area (Å²) in [6.07, 6.45) is 2.16. The highest BCUT2D eigenvalue weighted by atomic mass is 79.9. The molecule has 0 fully saturated rings. The predicted octanol–water partition coefficient (Wildman–Crippen LogP) is 3.87. The van der Waals surface area contributed by atoms with Crippen molar-refractivity contribution >= 4 is 27.5 Å². The van der Waals surface area contributed by atoms with Crippen LogP contribution in [-0.2, 0) is 0 Å². The van der Waals surface area contributed by atoms with Crippen molar-refractivity contribution in [2.45, 2.75) is 19.8 Å². The van der Waals surface area contributed by atoms with Crippen molar-refractivity contribution in [1.29, 1.82) is 0 Å². The molecular formula is C12H17BrClNO. The summed E-state index contributed by atoms with van der Waals surface area (Å²) in [6.45, 7) is 4.91. The third kappa shape index (κ3) is 5.19. The highest BCUT2D eigenvalue weighted by molar-refractivity contribution is 9.10. The van der Waals surface area contributed by atoms with Gasteiger partial charge in [-0.25, -0.2) is 0 Å². The largest absolute Gasteiger partial charge is 0.492 e. The van der Waals surface area contributed by atoms with Gasteiger partial charge in [-0.2, -0.15) is 0 Å². The SMILES string of the molecule is CCCNCCCOc1ccc(Br)cc1Cl. The molecule has 4 heteroatoms. The molecule has 1 rings (SSSR count). The topological polar surface area (TPSA) is 21.3 Å². The Morgan fingerprint density at radius 1 is 1.38 bits per heavy atom. The van der Waals surface area contributed by atoms with Crippen LogP contribution in [0.25, 0.3) is 0 Å². The van der Waals surface area contributed by atoms with E-state index in [0.717, 1.165) is 29.7 Å². The highest BCUT2D eigenvalue weighted by Gasteiger charge is 2.01. The summed E-state index contributed by atoms with van der Waals surface area (Å²) in [7, 11) is 0. The lowest BCUT2D eigenvalue weighted by Gasteiger charge is -2.08. The quantitative estimate of drug-likeness (QED) is 0.772. The number of hydrogen-bond donors (Lipinski definition) is 1. The lowest BCUT2D eigenvalue weighted by Crippen LogP contribution is -2.18. The second-order valence-electron chi connectivity index (χ2n) is 3.53. The van der Waals surface area contributed by atoms with Crippen molar-refractivity contribution in [2.24, 2.45) is 0 Å². The molecule has 0 saturated heterocycles. The van der Waals surface area contributed by atoms with Gasteiger partial charge in [0.05, 0.1) is 11.6 Å². The summed E-state index contributed by atoms with van der Waals surface area (Å²) in [5.74, 6) is 0.750. The Kier molecular flexibility index (Phi) is 6.85. The van der Waals surface area contributed by atoms with E-state index < -0.39 is 0 Å². The minimum Gasteiger partial charge on any atom is -0.492 e.